The zero-order valence-electron chi connectivity index (χ0n) is 12.6. The van der Waals surface area contributed by atoms with Crippen molar-refractivity contribution in [2.24, 2.45) is 5.92 Å². The maximum absolute atomic E-state index is 14.1. The van der Waals surface area contributed by atoms with Crippen LogP contribution in [0.25, 0.3) is 6.08 Å². The number of nitrogens with zero attached hydrogens (tertiary/aromatic N) is 1. The zero-order chi connectivity index (χ0) is 15.4. The van der Waals surface area contributed by atoms with Crippen LogP contribution in [0.5, 0.6) is 0 Å². The average molecular weight is 291 g/mol. The molecule has 1 aliphatic rings. The lowest BCUT2D eigenvalue weighted by molar-refractivity contribution is -0.131. The van der Waals surface area contributed by atoms with Crippen LogP contribution in [0.4, 0.5) is 10.1 Å². The first-order chi connectivity index (χ1) is 9.99. The van der Waals surface area contributed by atoms with Gasteiger partial charge >= 0.3 is 5.97 Å². The molecule has 114 valence electrons. The molecule has 1 aromatic rings. The molecule has 1 saturated carbocycles. The number of carboxylic acid groups (broad SMARTS) is 1. The Morgan fingerprint density at radius 2 is 2.19 bits per heavy atom. The number of carboxylic acids is 1. The third-order valence-electron chi connectivity index (χ3n) is 3.67. The minimum Gasteiger partial charge on any atom is -0.478 e. The summed E-state index contributed by atoms with van der Waals surface area (Å²) in [4.78, 5) is 12.9. The van der Waals surface area contributed by atoms with Crippen LogP contribution < -0.4 is 4.90 Å². The molecule has 0 spiro atoms. The van der Waals surface area contributed by atoms with E-state index in [1.807, 2.05) is 6.07 Å². The number of aliphatic carboxylic acids is 1. The van der Waals surface area contributed by atoms with Crippen molar-refractivity contribution < 1.29 is 14.3 Å². The molecule has 0 amide bonds. The van der Waals surface area contributed by atoms with Gasteiger partial charge < -0.3 is 10.0 Å². The lowest BCUT2D eigenvalue weighted by Gasteiger charge is -2.27. The Morgan fingerprint density at radius 3 is 2.76 bits per heavy atom. The molecule has 0 atom stereocenters. The lowest BCUT2D eigenvalue weighted by atomic mass is 10.1. The fourth-order valence-electron chi connectivity index (χ4n) is 2.38. The predicted molar refractivity (Wildman–Crippen MR) is 82.9 cm³/mol. The van der Waals surface area contributed by atoms with E-state index in [2.05, 4.69) is 18.7 Å². The summed E-state index contributed by atoms with van der Waals surface area (Å²) in [6, 6.07) is 5.40. The van der Waals surface area contributed by atoms with Gasteiger partial charge in [0, 0.05) is 29.9 Å². The summed E-state index contributed by atoms with van der Waals surface area (Å²) in [5, 5.41) is 8.77. The maximum atomic E-state index is 14.1. The highest BCUT2D eigenvalue weighted by atomic mass is 19.1. The highest BCUT2D eigenvalue weighted by molar-refractivity contribution is 5.87. The Balaban J connectivity index is 2.30. The molecule has 0 saturated heterocycles. The van der Waals surface area contributed by atoms with Gasteiger partial charge in [-0.15, -0.1) is 0 Å². The molecule has 21 heavy (non-hydrogen) atoms. The molecular formula is C17H22FNO2. The van der Waals surface area contributed by atoms with Crippen LogP contribution in [-0.2, 0) is 4.79 Å². The van der Waals surface area contributed by atoms with E-state index in [1.54, 1.807) is 6.07 Å². The van der Waals surface area contributed by atoms with E-state index in [-0.39, 0.29) is 5.82 Å². The van der Waals surface area contributed by atoms with Crippen molar-refractivity contribution in [2.75, 3.05) is 11.4 Å². The summed E-state index contributed by atoms with van der Waals surface area (Å²) in [7, 11) is 0. The SMILES string of the molecule is CC(C)CCN(c1cccc(F)c1/C=C/C(=O)O)C1CC1. The topological polar surface area (TPSA) is 40.5 Å². The molecule has 4 heteroatoms. The summed E-state index contributed by atoms with van der Waals surface area (Å²) in [5.41, 5.74) is 1.17. The molecular weight excluding hydrogens is 269 g/mol. The number of benzene rings is 1. The lowest BCUT2D eigenvalue weighted by Crippen LogP contribution is -2.28. The van der Waals surface area contributed by atoms with Crippen LogP contribution in [0.3, 0.4) is 0 Å². The quantitative estimate of drug-likeness (QED) is 0.774. The van der Waals surface area contributed by atoms with E-state index in [4.69, 9.17) is 5.11 Å². The normalized spacial score (nSPS) is 14.9. The highest BCUT2D eigenvalue weighted by Gasteiger charge is 2.30. The van der Waals surface area contributed by atoms with E-state index in [1.165, 1.54) is 12.1 Å². The van der Waals surface area contributed by atoms with Crippen molar-refractivity contribution in [3.8, 4) is 0 Å². The fraction of sp³-hybridized carbons (Fsp3) is 0.471. The van der Waals surface area contributed by atoms with Crippen molar-refractivity contribution in [2.45, 2.75) is 39.2 Å². The second-order valence-electron chi connectivity index (χ2n) is 5.95. The number of hydrogen-bond acceptors (Lipinski definition) is 2. The smallest absolute Gasteiger partial charge is 0.328 e. The van der Waals surface area contributed by atoms with Crippen LogP contribution in [-0.4, -0.2) is 23.7 Å². The molecule has 0 bridgehead atoms. The molecule has 3 nitrogen and oxygen atoms in total. The van der Waals surface area contributed by atoms with Crippen molar-refractivity contribution in [3.05, 3.63) is 35.7 Å². The van der Waals surface area contributed by atoms with E-state index in [0.29, 0.717) is 17.5 Å². The molecule has 1 aromatic carbocycles. The van der Waals surface area contributed by atoms with Gasteiger partial charge in [-0.05, 0) is 43.4 Å². The van der Waals surface area contributed by atoms with Gasteiger partial charge in [0.2, 0.25) is 0 Å². The standard InChI is InChI=1S/C17H22FNO2/c1-12(2)10-11-19(13-6-7-13)16-5-3-4-15(18)14(16)8-9-17(20)21/h3-5,8-9,12-13H,6-7,10-11H2,1-2H3,(H,20,21)/b9-8+. The summed E-state index contributed by atoms with van der Waals surface area (Å²) >= 11 is 0. The van der Waals surface area contributed by atoms with Gasteiger partial charge in [-0.1, -0.05) is 19.9 Å². The number of carbonyl (C=O) groups is 1. The average Bonchev–Trinajstić information content (AvgIpc) is 3.22. The third-order valence-corrected chi connectivity index (χ3v) is 3.67. The summed E-state index contributed by atoms with van der Waals surface area (Å²) in [6.45, 7) is 5.21. The van der Waals surface area contributed by atoms with E-state index in [9.17, 15) is 9.18 Å². The maximum Gasteiger partial charge on any atom is 0.328 e. The Kier molecular flexibility index (Phi) is 4.99. The molecule has 1 N–H and O–H groups in total. The van der Waals surface area contributed by atoms with E-state index in [0.717, 1.165) is 37.6 Å². The summed E-state index contributed by atoms with van der Waals surface area (Å²) < 4.78 is 14.1. The van der Waals surface area contributed by atoms with Gasteiger partial charge in [0.25, 0.3) is 0 Å². The molecule has 0 radical (unpaired) electrons. The van der Waals surface area contributed by atoms with E-state index < -0.39 is 5.97 Å². The Morgan fingerprint density at radius 1 is 1.48 bits per heavy atom. The third kappa shape index (κ3) is 4.31. The second kappa shape index (κ2) is 6.74. The van der Waals surface area contributed by atoms with Gasteiger partial charge in [0.05, 0.1) is 0 Å². The van der Waals surface area contributed by atoms with Gasteiger partial charge in [0.1, 0.15) is 5.82 Å². The Labute approximate surface area is 125 Å². The second-order valence-corrected chi connectivity index (χ2v) is 5.95. The molecule has 0 aromatic heterocycles. The Bertz CT molecular complexity index is 536. The summed E-state index contributed by atoms with van der Waals surface area (Å²) in [5.74, 6) is -0.859. The largest absolute Gasteiger partial charge is 0.478 e. The molecule has 0 heterocycles. The molecule has 1 aliphatic carbocycles. The molecule has 0 aliphatic heterocycles. The fourth-order valence-corrected chi connectivity index (χ4v) is 2.38. The number of anilines is 1. The minimum absolute atomic E-state index is 0.371. The van der Waals surface area contributed by atoms with Crippen LogP contribution in [0, 0.1) is 11.7 Å². The first-order valence-corrected chi connectivity index (χ1v) is 7.45. The van der Waals surface area contributed by atoms with Crippen LogP contribution in [0.2, 0.25) is 0 Å². The van der Waals surface area contributed by atoms with Crippen LogP contribution in [0.1, 0.15) is 38.7 Å². The van der Waals surface area contributed by atoms with Gasteiger partial charge in [-0.3, -0.25) is 0 Å². The molecule has 2 rings (SSSR count). The predicted octanol–water partition coefficient (Wildman–Crippen LogP) is 3.94. The zero-order valence-corrected chi connectivity index (χ0v) is 12.6. The van der Waals surface area contributed by atoms with Crippen LogP contribution in [0.15, 0.2) is 24.3 Å². The Hall–Kier alpha value is -1.84. The minimum atomic E-state index is -1.07. The van der Waals surface area contributed by atoms with Crippen molar-refractivity contribution in [1.29, 1.82) is 0 Å². The van der Waals surface area contributed by atoms with E-state index >= 15 is 0 Å². The number of hydrogen-bond donors (Lipinski definition) is 1. The van der Waals surface area contributed by atoms with Crippen molar-refractivity contribution >= 4 is 17.7 Å². The van der Waals surface area contributed by atoms with Gasteiger partial charge in [-0.2, -0.15) is 0 Å². The molecule has 1 fully saturated rings. The monoisotopic (exact) mass is 291 g/mol. The highest BCUT2D eigenvalue weighted by Crippen LogP contribution is 2.35. The number of halogens is 1. The van der Waals surface area contributed by atoms with Gasteiger partial charge in [0.15, 0.2) is 0 Å². The van der Waals surface area contributed by atoms with Crippen LogP contribution >= 0.6 is 0 Å². The van der Waals surface area contributed by atoms with Gasteiger partial charge in [-0.25, -0.2) is 9.18 Å². The molecule has 0 unspecified atom stereocenters. The van der Waals surface area contributed by atoms with Crippen molar-refractivity contribution in [3.63, 3.8) is 0 Å². The number of rotatable bonds is 7. The summed E-state index contributed by atoms with van der Waals surface area (Å²) in [6.07, 6.45) is 5.63. The van der Waals surface area contributed by atoms with Crippen molar-refractivity contribution in [1.82, 2.24) is 0 Å². The first kappa shape index (κ1) is 15.5. The first-order valence-electron chi connectivity index (χ1n) is 7.45.